The van der Waals surface area contributed by atoms with E-state index < -0.39 is 15.8 Å². The Balaban J connectivity index is 2.07. The second-order valence-corrected chi connectivity index (χ2v) is 8.20. The Hall–Kier alpha value is -2.67. The van der Waals surface area contributed by atoms with Crippen LogP contribution in [0.2, 0.25) is 0 Å². The summed E-state index contributed by atoms with van der Waals surface area (Å²) in [7, 11) is -2.62. The molecule has 0 unspecified atom stereocenters. The second kappa shape index (κ2) is 6.92. The summed E-state index contributed by atoms with van der Waals surface area (Å²) in [6.45, 7) is 1.86. The highest BCUT2D eigenvalue weighted by atomic mass is 32.2. The van der Waals surface area contributed by atoms with Crippen molar-refractivity contribution in [2.75, 3.05) is 12.4 Å². The highest BCUT2D eigenvalue weighted by Gasteiger charge is 2.31. The fraction of sp³-hybridized carbons (Fsp3) is 0.263. The van der Waals surface area contributed by atoms with E-state index in [9.17, 15) is 18.0 Å². The number of amides is 1. The van der Waals surface area contributed by atoms with Crippen molar-refractivity contribution in [2.24, 2.45) is 5.92 Å². The van der Waals surface area contributed by atoms with Crippen molar-refractivity contribution < 1.29 is 22.7 Å². The minimum atomic E-state index is -3.85. The quantitative estimate of drug-likeness (QED) is 0.814. The summed E-state index contributed by atoms with van der Waals surface area (Å²) < 4.78 is 30.7. The van der Waals surface area contributed by atoms with E-state index in [2.05, 4.69) is 10.1 Å². The van der Waals surface area contributed by atoms with Crippen LogP contribution in [0.3, 0.4) is 0 Å². The zero-order chi connectivity index (χ0) is 18.9. The van der Waals surface area contributed by atoms with Gasteiger partial charge in [0.2, 0.25) is 15.7 Å². The molecule has 0 heterocycles. The van der Waals surface area contributed by atoms with Crippen molar-refractivity contribution in [3.63, 3.8) is 0 Å². The molecule has 3 rings (SSSR count). The van der Waals surface area contributed by atoms with Crippen molar-refractivity contribution >= 4 is 27.4 Å². The van der Waals surface area contributed by atoms with Gasteiger partial charge in [-0.2, -0.15) is 0 Å². The number of aryl methyl sites for hydroxylation is 1. The third kappa shape index (κ3) is 3.62. The molecule has 1 N–H and O–H groups in total. The van der Waals surface area contributed by atoms with Gasteiger partial charge < -0.3 is 10.1 Å². The predicted molar refractivity (Wildman–Crippen MR) is 95.8 cm³/mol. The van der Waals surface area contributed by atoms with E-state index in [1.54, 1.807) is 12.1 Å². The SMILES string of the molecule is COC(=O)c1ccc(S(=O)(=O)c2ccc(C)cc2)c(NC(=O)C2CC2)c1. The van der Waals surface area contributed by atoms with Crippen molar-refractivity contribution in [1.29, 1.82) is 0 Å². The fourth-order valence-corrected chi connectivity index (χ4v) is 3.93. The zero-order valence-electron chi connectivity index (χ0n) is 14.5. The topological polar surface area (TPSA) is 89.5 Å². The average Bonchev–Trinajstić information content (AvgIpc) is 3.46. The number of anilines is 1. The molecule has 0 bridgehead atoms. The normalized spacial score (nSPS) is 13.9. The number of nitrogens with one attached hydrogen (secondary N) is 1. The molecule has 2 aromatic rings. The molecule has 0 aliphatic heterocycles. The molecular weight excluding hydrogens is 354 g/mol. The Morgan fingerprint density at radius 3 is 2.31 bits per heavy atom. The third-order valence-electron chi connectivity index (χ3n) is 4.23. The van der Waals surface area contributed by atoms with E-state index in [1.807, 2.05) is 6.92 Å². The number of hydrogen-bond acceptors (Lipinski definition) is 5. The first kappa shape index (κ1) is 18.1. The maximum Gasteiger partial charge on any atom is 0.337 e. The number of carbonyl (C=O) groups is 2. The second-order valence-electron chi connectivity index (χ2n) is 6.28. The van der Waals surface area contributed by atoms with Gasteiger partial charge in [0.15, 0.2) is 0 Å². The van der Waals surface area contributed by atoms with E-state index >= 15 is 0 Å². The van der Waals surface area contributed by atoms with Crippen molar-refractivity contribution in [1.82, 2.24) is 0 Å². The average molecular weight is 373 g/mol. The molecule has 6 nitrogen and oxygen atoms in total. The molecule has 0 aromatic heterocycles. The molecular formula is C19H19NO5S. The number of rotatable bonds is 5. The summed E-state index contributed by atoms with van der Waals surface area (Å²) in [5.74, 6) is -0.953. The number of methoxy groups -OCH3 is 1. The Morgan fingerprint density at radius 1 is 1.08 bits per heavy atom. The van der Waals surface area contributed by atoms with Crippen molar-refractivity contribution in [3.8, 4) is 0 Å². The van der Waals surface area contributed by atoms with Gasteiger partial charge >= 0.3 is 5.97 Å². The molecule has 0 atom stereocenters. The lowest BCUT2D eigenvalue weighted by Gasteiger charge is -2.13. The summed E-state index contributed by atoms with van der Waals surface area (Å²) in [5, 5.41) is 2.65. The van der Waals surface area contributed by atoms with Gasteiger partial charge in [0.25, 0.3) is 0 Å². The Kier molecular flexibility index (Phi) is 4.82. The molecule has 26 heavy (non-hydrogen) atoms. The summed E-state index contributed by atoms with van der Waals surface area (Å²) in [6.07, 6.45) is 1.56. The molecule has 7 heteroatoms. The van der Waals surface area contributed by atoms with Gasteiger partial charge in [-0.3, -0.25) is 4.79 Å². The van der Waals surface area contributed by atoms with Crippen LogP contribution in [0.25, 0.3) is 0 Å². The lowest BCUT2D eigenvalue weighted by Crippen LogP contribution is -2.17. The van der Waals surface area contributed by atoms with Gasteiger partial charge in [-0.1, -0.05) is 17.7 Å². The summed E-state index contributed by atoms with van der Waals surface area (Å²) in [4.78, 5) is 24.0. The van der Waals surface area contributed by atoms with Crippen LogP contribution in [-0.2, 0) is 19.4 Å². The first-order valence-corrected chi connectivity index (χ1v) is 9.66. The van der Waals surface area contributed by atoms with Crippen molar-refractivity contribution in [3.05, 3.63) is 53.6 Å². The summed E-state index contributed by atoms with van der Waals surface area (Å²) in [6, 6.07) is 10.5. The van der Waals surface area contributed by atoms with Gasteiger partial charge in [-0.05, 0) is 50.1 Å². The number of esters is 1. The van der Waals surface area contributed by atoms with E-state index in [4.69, 9.17) is 0 Å². The van der Waals surface area contributed by atoms with Crippen LogP contribution in [0, 0.1) is 12.8 Å². The van der Waals surface area contributed by atoms with Crippen LogP contribution in [0.5, 0.6) is 0 Å². The highest BCUT2D eigenvalue weighted by Crippen LogP contribution is 2.33. The van der Waals surface area contributed by atoms with Crippen LogP contribution in [0.1, 0.15) is 28.8 Å². The lowest BCUT2D eigenvalue weighted by molar-refractivity contribution is -0.117. The van der Waals surface area contributed by atoms with Gasteiger partial charge in [-0.25, -0.2) is 13.2 Å². The minimum absolute atomic E-state index is 0.0528. The molecule has 1 aliphatic carbocycles. The largest absolute Gasteiger partial charge is 0.465 e. The standard InChI is InChI=1S/C19H19NO5S/c1-12-3-8-15(9-4-12)26(23,24)17-10-7-14(19(22)25-2)11-16(17)20-18(21)13-5-6-13/h3-4,7-11,13H,5-6H2,1-2H3,(H,20,21). The Bertz CT molecular complexity index is 960. The molecule has 1 aliphatic rings. The number of ether oxygens (including phenoxy) is 1. The van der Waals surface area contributed by atoms with E-state index in [-0.39, 0.29) is 32.9 Å². The number of hydrogen-bond donors (Lipinski definition) is 1. The van der Waals surface area contributed by atoms with Gasteiger partial charge in [0.1, 0.15) is 0 Å². The monoisotopic (exact) mass is 373 g/mol. The molecule has 0 saturated heterocycles. The van der Waals surface area contributed by atoms with Gasteiger partial charge in [0.05, 0.1) is 28.2 Å². The van der Waals surface area contributed by atoms with Crippen LogP contribution < -0.4 is 5.32 Å². The first-order valence-electron chi connectivity index (χ1n) is 8.18. The van der Waals surface area contributed by atoms with Gasteiger partial charge in [-0.15, -0.1) is 0 Å². The van der Waals surface area contributed by atoms with Crippen LogP contribution in [0.15, 0.2) is 52.3 Å². The minimum Gasteiger partial charge on any atom is -0.465 e. The molecule has 1 amide bonds. The van der Waals surface area contributed by atoms with Crippen LogP contribution in [-0.4, -0.2) is 27.4 Å². The maximum atomic E-state index is 13.0. The fourth-order valence-electron chi connectivity index (χ4n) is 2.53. The van der Waals surface area contributed by atoms with E-state index in [1.165, 1.54) is 37.4 Å². The molecule has 0 radical (unpaired) electrons. The molecule has 136 valence electrons. The predicted octanol–water partition coefficient (Wildman–Crippen LogP) is 2.96. The molecule has 1 saturated carbocycles. The molecule has 0 spiro atoms. The zero-order valence-corrected chi connectivity index (χ0v) is 15.3. The van der Waals surface area contributed by atoms with E-state index in [0.717, 1.165) is 18.4 Å². The maximum absolute atomic E-state index is 13.0. The Morgan fingerprint density at radius 2 is 1.73 bits per heavy atom. The number of sulfone groups is 1. The smallest absolute Gasteiger partial charge is 0.337 e. The van der Waals surface area contributed by atoms with Gasteiger partial charge in [0, 0.05) is 5.92 Å². The number of benzene rings is 2. The first-order chi connectivity index (χ1) is 12.3. The Labute approximate surface area is 152 Å². The third-order valence-corrected chi connectivity index (χ3v) is 6.06. The number of carbonyl (C=O) groups excluding carboxylic acids is 2. The highest BCUT2D eigenvalue weighted by molar-refractivity contribution is 7.91. The summed E-state index contributed by atoms with van der Waals surface area (Å²) in [5.41, 5.74) is 1.19. The summed E-state index contributed by atoms with van der Waals surface area (Å²) >= 11 is 0. The van der Waals surface area contributed by atoms with Crippen LogP contribution >= 0.6 is 0 Å². The van der Waals surface area contributed by atoms with Crippen LogP contribution in [0.4, 0.5) is 5.69 Å². The lowest BCUT2D eigenvalue weighted by atomic mass is 10.2. The molecule has 1 fully saturated rings. The van der Waals surface area contributed by atoms with Crippen molar-refractivity contribution in [2.45, 2.75) is 29.6 Å². The molecule has 2 aromatic carbocycles. The van der Waals surface area contributed by atoms with E-state index in [0.29, 0.717) is 0 Å².